The number of hydrogen-bond donors (Lipinski definition) is 0. The van der Waals surface area contributed by atoms with Crippen LogP contribution in [0.15, 0.2) is 52.1 Å². The molecule has 22 heavy (non-hydrogen) atoms. The minimum absolute atomic E-state index is 0.474. The third kappa shape index (κ3) is 4.49. The van der Waals surface area contributed by atoms with E-state index in [9.17, 15) is 0 Å². The van der Waals surface area contributed by atoms with Gasteiger partial charge in [-0.25, -0.2) is 0 Å². The molecule has 0 fully saturated rings. The van der Waals surface area contributed by atoms with Gasteiger partial charge in [-0.15, -0.1) is 0 Å². The van der Waals surface area contributed by atoms with Crippen molar-refractivity contribution in [2.75, 3.05) is 13.7 Å². The number of oxime groups is 1. The van der Waals surface area contributed by atoms with Crippen LogP contribution in [0.5, 0.6) is 11.5 Å². The van der Waals surface area contributed by atoms with Gasteiger partial charge in [0.1, 0.15) is 13.2 Å². The van der Waals surface area contributed by atoms with Crippen LogP contribution in [0.4, 0.5) is 0 Å². The van der Waals surface area contributed by atoms with E-state index < -0.39 is 0 Å². The molecule has 116 valence electrons. The van der Waals surface area contributed by atoms with Gasteiger partial charge in [-0.1, -0.05) is 35.5 Å². The zero-order valence-corrected chi connectivity index (χ0v) is 14.2. The van der Waals surface area contributed by atoms with Crippen LogP contribution in [-0.2, 0) is 11.4 Å². The minimum Gasteiger partial charge on any atom is -0.493 e. The smallest absolute Gasteiger partial charge is 0.175 e. The van der Waals surface area contributed by atoms with Gasteiger partial charge in [0.05, 0.1) is 17.8 Å². The quantitative estimate of drug-likeness (QED) is 0.540. The summed E-state index contributed by atoms with van der Waals surface area (Å²) in [6, 6.07) is 13.7. The summed E-state index contributed by atoms with van der Waals surface area (Å²) in [5, 5.41) is 3.86. The Balaban J connectivity index is 2.16. The Hall–Kier alpha value is -2.01. The fourth-order valence-electron chi connectivity index (χ4n) is 1.86. The standard InChI is InChI=1S/C17H18BrNO3/c1-3-22-19-11-14-9-15(18)17(16(10-14)20-2)21-12-13-7-5-4-6-8-13/h4-11H,3,12H2,1-2H3/b19-11+. The first kappa shape index (κ1) is 16.4. The fourth-order valence-corrected chi connectivity index (χ4v) is 2.43. The predicted molar refractivity (Wildman–Crippen MR) is 90.7 cm³/mol. The lowest BCUT2D eigenvalue weighted by Gasteiger charge is -2.13. The lowest BCUT2D eigenvalue weighted by molar-refractivity contribution is 0.160. The molecular weight excluding hydrogens is 346 g/mol. The average Bonchev–Trinajstić information content (AvgIpc) is 2.54. The second-order valence-electron chi connectivity index (χ2n) is 4.46. The zero-order valence-electron chi connectivity index (χ0n) is 12.6. The highest BCUT2D eigenvalue weighted by Gasteiger charge is 2.11. The van der Waals surface area contributed by atoms with E-state index in [0.29, 0.717) is 24.7 Å². The van der Waals surface area contributed by atoms with Gasteiger partial charge in [0, 0.05) is 5.56 Å². The van der Waals surface area contributed by atoms with E-state index in [0.717, 1.165) is 15.6 Å². The summed E-state index contributed by atoms with van der Waals surface area (Å²) in [5.74, 6) is 1.31. The Morgan fingerprint density at radius 2 is 1.95 bits per heavy atom. The molecule has 0 atom stereocenters. The molecule has 0 saturated heterocycles. The molecule has 0 unspecified atom stereocenters. The minimum atomic E-state index is 0.474. The molecule has 0 saturated carbocycles. The van der Waals surface area contributed by atoms with Crippen molar-refractivity contribution in [1.29, 1.82) is 0 Å². The van der Waals surface area contributed by atoms with Crippen LogP contribution in [0.1, 0.15) is 18.1 Å². The normalized spacial score (nSPS) is 10.7. The summed E-state index contributed by atoms with van der Waals surface area (Å²) >= 11 is 3.51. The molecule has 2 aromatic carbocycles. The monoisotopic (exact) mass is 363 g/mol. The van der Waals surface area contributed by atoms with Crippen LogP contribution >= 0.6 is 15.9 Å². The van der Waals surface area contributed by atoms with Crippen LogP contribution in [0, 0.1) is 0 Å². The lowest BCUT2D eigenvalue weighted by atomic mass is 10.2. The molecule has 0 N–H and O–H groups in total. The average molecular weight is 364 g/mol. The van der Waals surface area contributed by atoms with Crippen molar-refractivity contribution in [2.24, 2.45) is 5.16 Å². The Kier molecular flexibility index (Phi) is 6.27. The summed E-state index contributed by atoms with van der Waals surface area (Å²) in [6.07, 6.45) is 1.64. The Morgan fingerprint density at radius 3 is 2.64 bits per heavy atom. The van der Waals surface area contributed by atoms with Gasteiger partial charge < -0.3 is 14.3 Å². The summed E-state index contributed by atoms with van der Waals surface area (Å²) in [6.45, 7) is 2.89. The van der Waals surface area contributed by atoms with Crippen molar-refractivity contribution in [2.45, 2.75) is 13.5 Å². The van der Waals surface area contributed by atoms with Crippen molar-refractivity contribution in [3.05, 3.63) is 58.1 Å². The summed E-state index contributed by atoms with van der Waals surface area (Å²) in [4.78, 5) is 4.97. The number of benzene rings is 2. The first-order valence-electron chi connectivity index (χ1n) is 6.94. The van der Waals surface area contributed by atoms with Crippen LogP contribution in [0.3, 0.4) is 0 Å². The number of hydrogen-bond acceptors (Lipinski definition) is 4. The molecular formula is C17H18BrNO3. The number of rotatable bonds is 7. The molecule has 4 nitrogen and oxygen atoms in total. The van der Waals surface area contributed by atoms with Gasteiger partial charge in [-0.05, 0) is 40.5 Å². The molecule has 0 aromatic heterocycles. The van der Waals surface area contributed by atoms with Crippen molar-refractivity contribution in [1.82, 2.24) is 0 Å². The van der Waals surface area contributed by atoms with E-state index in [-0.39, 0.29) is 0 Å². The summed E-state index contributed by atoms with van der Waals surface area (Å²) in [5.41, 5.74) is 1.96. The molecule has 5 heteroatoms. The van der Waals surface area contributed by atoms with Crippen molar-refractivity contribution in [3.63, 3.8) is 0 Å². The Morgan fingerprint density at radius 1 is 1.18 bits per heavy atom. The van der Waals surface area contributed by atoms with E-state index in [1.807, 2.05) is 49.4 Å². The maximum Gasteiger partial charge on any atom is 0.175 e. The van der Waals surface area contributed by atoms with Crippen molar-refractivity contribution < 1.29 is 14.3 Å². The molecule has 2 aromatic rings. The van der Waals surface area contributed by atoms with E-state index in [4.69, 9.17) is 14.3 Å². The maximum absolute atomic E-state index is 5.88. The number of ether oxygens (including phenoxy) is 2. The molecule has 0 amide bonds. The van der Waals surface area contributed by atoms with Crippen LogP contribution in [0.2, 0.25) is 0 Å². The van der Waals surface area contributed by atoms with Crippen molar-refractivity contribution >= 4 is 22.1 Å². The largest absolute Gasteiger partial charge is 0.493 e. The fraction of sp³-hybridized carbons (Fsp3) is 0.235. The molecule has 0 spiro atoms. The second kappa shape index (κ2) is 8.44. The topological polar surface area (TPSA) is 40.0 Å². The molecule has 0 bridgehead atoms. The first-order chi connectivity index (χ1) is 10.7. The van der Waals surface area contributed by atoms with Crippen LogP contribution in [-0.4, -0.2) is 19.9 Å². The predicted octanol–water partition coefficient (Wildman–Crippen LogP) is 4.41. The lowest BCUT2D eigenvalue weighted by Crippen LogP contribution is -1.99. The van der Waals surface area contributed by atoms with Gasteiger partial charge in [-0.2, -0.15) is 0 Å². The van der Waals surface area contributed by atoms with Gasteiger partial charge in [0.25, 0.3) is 0 Å². The highest BCUT2D eigenvalue weighted by atomic mass is 79.9. The second-order valence-corrected chi connectivity index (χ2v) is 5.32. The summed E-state index contributed by atoms with van der Waals surface area (Å²) in [7, 11) is 1.61. The third-order valence-corrected chi connectivity index (χ3v) is 3.47. The molecule has 0 heterocycles. The van der Waals surface area contributed by atoms with Crippen LogP contribution < -0.4 is 9.47 Å². The first-order valence-corrected chi connectivity index (χ1v) is 7.73. The van der Waals surface area contributed by atoms with E-state index in [2.05, 4.69) is 21.1 Å². The third-order valence-electron chi connectivity index (χ3n) is 2.88. The summed E-state index contributed by atoms with van der Waals surface area (Å²) < 4.78 is 12.1. The van der Waals surface area contributed by atoms with E-state index >= 15 is 0 Å². The van der Waals surface area contributed by atoms with Gasteiger partial charge in [0.2, 0.25) is 0 Å². The molecule has 0 aliphatic carbocycles. The van der Waals surface area contributed by atoms with Gasteiger partial charge >= 0.3 is 0 Å². The molecule has 0 aliphatic heterocycles. The molecule has 0 aliphatic rings. The highest BCUT2D eigenvalue weighted by molar-refractivity contribution is 9.10. The molecule has 2 rings (SSSR count). The number of nitrogens with zero attached hydrogens (tertiary/aromatic N) is 1. The number of methoxy groups -OCH3 is 1. The van der Waals surface area contributed by atoms with E-state index in [1.165, 1.54) is 0 Å². The SMILES string of the molecule is CCO/N=C/c1cc(Br)c(OCc2ccccc2)c(OC)c1. The van der Waals surface area contributed by atoms with Crippen LogP contribution in [0.25, 0.3) is 0 Å². The van der Waals surface area contributed by atoms with E-state index in [1.54, 1.807) is 13.3 Å². The Labute approximate surface area is 138 Å². The maximum atomic E-state index is 5.88. The van der Waals surface area contributed by atoms with Crippen molar-refractivity contribution in [3.8, 4) is 11.5 Å². The highest BCUT2D eigenvalue weighted by Crippen LogP contribution is 2.36. The van der Waals surface area contributed by atoms with Gasteiger partial charge in [0.15, 0.2) is 11.5 Å². The zero-order chi connectivity index (χ0) is 15.8. The molecule has 0 radical (unpaired) electrons. The van der Waals surface area contributed by atoms with Gasteiger partial charge in [-0.3, -0.25) is 0 Å². The Bertz CT molecular complexity index is 629. The number of halogens is 1.